The second-order valence-corrected chi connectivity index (χ2v) is 6.83. The molecule has 0 saturated heterocycles. The zero-order chi connectivity index (χ0) is 14.8. The third-order valence-electron chi connectivity index (χ3n) is 4.10. The standard InChI is InChI=1S/C16H21N3OS/c1-10-8-9-11(2)14-13(10)18-16(21-14)19-15(20)17-12-6-4-3-5-7-12/h8-9,12H,3-7H2,1-2H3,(H2,17,18,19,20). The second-order valence-electron chi connectivity index (χ2n) is 5.83. The van der Waals surface area contributed by atoms with Gasteiger partial charge in [0.1, 0.15) is 0 Å². The number of hydrogen-bond donors (Lipinski definition) is 2. The van der Waals surface area contributed by atoms with Gasteiger partial charge in [-0.3, -0.25) is 5.32 Å². The highest BCUT2D eigenvalue weighted by atomic mass is 32.1. The monoisotopic (exact) mass is 303 g/mol. The van der Waals surface area contributed by atoms with Gasteiger partial charge in [-0.2, -0.15) is 0 Å². The molecule has 0 unspecified atom stereocenters. The minimum absolute atomic E-state index is 0.128. The minimum Gasteiger partial charge on any atom is -0.335 e. The lowest BCUT2D eigenvalue weighted by molar-refractivity contribution is 0.244. The summed E-state index contributed by atoms with van der Waals surface area (Å²) in [4.78, 5) is 16.6. The first-order valence-corrected chi connectivity index (χ1v) is 8.39. The fourth-order valence-corrected chi connectivity index (χ4v) is 3.88. The fourth-order valence-electron chi connectivity index (χ4n) is 2.88. The second kappa shape index (κ2) is 6.02. The lowest BCUT2D eigenvalue weighted by atomic mass is 9.96. The summed E-state index contributed by atoms with van der Waals surface area (Å²) in [5, 5.41) is 6.62. The maximum Gasteiger partial charge on any atom is 0.321 e. The van der Waals surface area contributed by atoms with Crippen molar-refractivity contribution in [1.82, 2.24) is 10.3 Å². The molecule has 1 aliphatic carbocycles. The quantitative estimate of drug-likeness (QED) is 0.865. The van der Waals surface area contributed by atoms with E-state index in [9.17, 15) is 4.79 Å². The van der Waals surface area contributed by atoms with Crippen LogP contribution in [0.25, 0.3) is 10.2 Å². The summed E-state index contributed by atoms with van der Waals surface area (Å²) < 4.78 is 1.16. The predicted molar refractivity (Wildman–Crippen MR) is 88.1 cm³/mol. The molecule has 112 valence electrons. The van der Waals surface area contributed by atoms with Gasteiger partial charge >= 0.3 is 6.03 Å². The third-order valence-corrected chi connectivity index (χ3v) is 5.21. The van der Waals surface area contributed by atoms with Crippen molar-refractivity contribution >= 4 is 32.7 Å². The first kappa shape index (κ1) is 14.3. The molecule has 1 aromatic carbocycles. The zero-order valence-corrected chi connectivity index (χ0v) is 13.3. The Morgan fingerprint density at radius 1 is 1.19 bits per heavy atom. The maximum absolute atomic E-state index is 12.1. The molecule has 1 aliphatic rings. The molecule has 2 N–H and O–H groups in total. The lowest BCUT2D eigenvalue weighted by Crippen LogP contribution is -2.38. The molecule has 1 fully saturated rings. The van der Waals surface area contributed by atoms with Gasteiger partial charge in [0, 0.05) is 6.04 Å². The van der Waals surface area contributed by atoms with Crippen molar-refractivity contribution in [2.24, 2.45) is 0 Å². The number of urea groups is 1. The van der Waals surface area contributed by atoms with Gasteiger partial charge in [0.25, 0.3) is 0 Å². The highest BCUT2D eigenvalue weighted by Gasteiger charge is 2.17. The van der Waals surface area contributed by atoms with Crippen LogP contribution in [-0.2, 0) is 0 Å². The molecule has 0 aliphatic heterocycles. The highest BCUT2D eigenvalue weighted by Crippen LogP contribution is 2.30. The largest absolute Gasteiger partial charge is 0.335 e. The number of benzene rings is 1. The van der Waals surface area contributed by atoms with Crippen LogP contribution in [0.2, 0.25) is 0 Å². The lowest BCUT2D eigenvalue weighted by Gasteiger charge is -2.22. The van der Waals surface area contributed by atoms with Crippen LogP contribution >= 0.6 is 11.3 Å². The molecule has 0 atom stereocenters. The molecule has 1 saturated carbocycles. The van der Waals surface area contributed by atoms with Crippen LogP contribution in [-0.4, -0.2) is 17.1 Å². The van der Waals surface area contributed by atoms with E-state index in [1.807, 2.05) is 6.92 Å². The van der Waals surface area contributed by atoms with Gasteiger partial charge in [-0.05, 0) is 37.8 Å². The molecule has 5 heteroatoms. The molecular formula is C16H21N3OS. The van der Waals surface area contributed by atoms with E-state index in [1.165, 1.54) is 24.8 Å². The van der Waals surface area contributed by atoms with Crippen LogP contribution in [0.3, 0.4) is 0 Å². The van der Waals surface area contributed by atoms with E-state index in [0.29, 0.717) is 11.2 Å². The molecule has 3 rings (SSSR count). The van der Waals surface area contributed by atoms with Gasteiger partial charge in [0.15, 0.2) is 5.13 Å². The SMILES string of the molecule is Cc1ccc(C)c2sc(NC(=O)NC3CCCCC3)nc12. The van der Waals surface area contributed by atoms with Crippen LogP contribution in [0.1, 0.15) is 43.2 Å². The summed E-state index contributed by atoms with van der Waals surface area (Å²) in [6.45, 7) is 4.12. The van der Waals surface area contributed by atoms with Gasteiger partial charge in [-0.25, -0.2) is 9.78 Å². The number of nitrogens with one attached hydrogen (secondary N) is 2. The van der Waals surface area contributed by atoms with Gasteiger partial charge in [-0.1, -0.05) is 42.7 Å². The Labute approximate surface area is 129 Å². The number of rotatable bonds is 2. The molecule has 4 nitrogen and oxygen atoms in total. The number of amides is 2. The number of thiazole rings is 1. The molecular weight excluding hydrogens is 282 g/mol. The Morgan fingerprint density at radius 2 is 1.90 bits per heavy atom. The van der Waals surface area contributed by atoms with E-state index < -0.39 is 0 Å². The minimum atomic E-state index is -0.128. The number of anilines is 1. The zero-order valence-electron chi connectivity index (χ0n) is 12.5. The maximum atomic E-state index is 12.1. The molecule has 0 bridgehead atoms. The number of hydrogen-bond acceptors (Lipinski definition) is 3. The van der Waals surface area contributed by atoms with Crippen molar-refractivity contribution in [3.63, 3.8) is 0 Å². The van der Waals surface area contributed by atoms with E-state index >= 15 is 0 Å². The van der Waals surface area contributed by atoms with Crippen LogP contribution in [0, 0.1) is 13.8 Å². The molecule has 0 radical (unpaired) electrons. The van der Waals surface area contributed by atoms with Crippen LogP contribution in [0.4, 0.5) is 9.93 Å². The van der Waals surface area contributed by atoms with E-state index in [2.05, 4.69) is 34.7 Å². The molecule has 1 aromatic heterocycles. The van der Waals surface area contributed by atoms with Crippen molar-refractivity contribution in [1.29, 1.82) is 0 Å². The number of fused-ring (bicyclic) bond motifs is 1. The summed E-state index contributed by atoms with van der Waals surface area (Å²) in [6, 6.07) is 4.36. The number of carbonyl (C=O) groups is 1. The number of aryl methyl sites for hydroxylation is 2. The van der Waals surface area contributed by atoms with E-state index in [0.717, 1.165) is 28.6 Å². The molecule has 0 spiro atoms. The number of nitrogens with zero attached hydrogens (tertiary/aromatic N) is 1. The summed E-state index contributed by atoms with van der Waals surface area (Å²) in [6.07, 6.45) is 5.89. The van der Waals surface area contributed by atoms with Gasteiger partial charge in [-0.15, -0.1) is 0 Å². The Morgan fingerprint density at radius 3 is 2.62 bits per heavy atom. The summed E-state index contributed by atoms with van der Waals surface area (Å²) >= 11 is 1.55. The molecule has 2 amide bonds. The Hall–Kier alpha value is -1.62. The highest BCUT2D eigenvalue weighted by molar-refractivity contribution is 7.22. The summed E-state index contributed by atoms with van der Waals surface area (Å²) in [5.41, 5.74) is 3.34. The van der Waals surface area contributed by atoms with E-state index in [1.54, 1.807) is 11.3 Å². The van der Waals surface area contributed by atoms with Crippen LogP contribution < -0.4 is 10.6 Å². The Bertz CT molecular complexity index is 620. The Kier molecular flexibility index (Phi) is 4.10. The normalized spacial score (nSPS) is 16.1. The molecule has 2 aromatic rings. The number of carbonyl (C=O) groups excluding carboxylic acids is 1. The summed E-state index contributed by atoms with van der Waals surface area (Å²) in [7, 11) is 0. The first-order chi connectivity index (χ1) is 10.1. The van der Waals surface area contributed by atoms with Gasteiger partial charge < -0.3 is 5.32 Å². The Balaban J connectivity index is 1.71. The van der Waals surface area contributed by atoms with E-state index in [4.69, 9.17) is 0 Å². The van der Waals surface area contributed by atoms with Crippen LogP contribution in [0.15, 0.2) is 12.1 Å². The van der Waals surface area contributed by atoms with Gasteiger partial charge in [0.2, 0.25) is 0 Å². The first-order valence-electron chi connectivity index (χ1n) is 7.58. The summed E-state index contributed by atoms with van der Waals surface area (Å²) in [5.74, 6) is 0. The predicted octanol–water partition coefficient (Wildman–Crippen LogP) is 4.37. The van der Waals surface area contributed by atoms with Gasteiger partial charge in [0.05, 0.1) is 10.2 Å². The number of aromatic nitrogens is 1. The fraction of sp³-hybridized carbons (Fsp3) is 0.500. The smallest absolute Gasteiger partial charge is 0.321 e. The van der Waals surface area contributed by atoms with Crippen molar-refractivity contribution in [3.05, 3.63) is 23.3 Å². The van der Waals surface area contributed by atoms with Crippen molar-refractivity contribution in [2.45, 2.75) is 52.0 Å². The van der Waals surface area contributed by atoms with Crippen molar-refractivity contribution in [2.75, 3.05) is 5.32 Å². The average Bonchev–Trinajstić information content (AvgIpc) is 2.89. The van der Waals surface area contributed by atoms with Crippen molar-refractivity contribution in [3.8, 4) is 0 Å². The van der Waals surface area contributed by atoms with E-state index in [-0.39, 0.29) is 6.03 Å². The average molecular weight is 303 g/mol. The van der Waals surface area contributed by atoms with Crippen molar-refractivity contribution < 1.29 is 4.79 Å². The van der Waals surface area contributed by atoms with Crippen LogP contribution in [0.5, 0.6) is 0 Å². The molecule has 1 heterocycles. The third kappa shape index (κ3) is 3.18. The topological polar surface area (TPSA) is 54.0 Å². The molecule has 21 heavy (non-hydrogen) atoms.